The highest BCUT2D eigenvalue weighted by Gasteiger charge is 2.17. The van der Waals surface area contributed by atoms with Crippen LogP contribution in [0.3, 0.4) is 0 Å². The van der Waals surface area contributed by atoms with Gasteiger partial charge in [-0.3, -0.25) is 0 Å². The average Bonchev–Trinajstić information content (AvgIpc) is 2.36. The molecule has 17 heavy (non-hydrogen) atoms. The normalized spacial score (nSPS) is 9.53. The Morgan fingerprint density at radius 1 is 1.06 bits per heavy atom. The van der Waals surface area contributed by atoms with Crippen LogP contribution in [0.5, 0.6) is 0 Å². The molecule has 0 saturated heterocycles. The van der Waals surface area contributed by atoms with Crippen LogP contribution in [0.2, 0.25) is 0 Å². The monoisotopic (exact) mass is 239 g/mol. The van der Waals surface area contributed by atoms with Crippen molar-refractivity contribution in [3.8, 4) is 0 Å². The van der Waals surface area contributed by atoms with Crippen molar-refractivity contribution < 1.29 is 29.0 Å². The van der Waals surface area contributed by atoms with E-state index in [9.17, 15) is 14.4 Å². The summed E-state index contributed by atoms with van der Waals surface area (Å²) >= 11 is 0. The molecule has 0 bridgehead atoms. The largest absolute Gasteiger partial charge is 0.477 e. The molecule has 0 aliphatic heterocycles. The minimum absolute atomic E-state index is 0.0831. The van der Waals surface area contributed by atoms with E-state index in [-0.39, 0.29) is 11.3 Å². The van der Waals surface area contributed by atoms with E-state index in [0.717, 1.165) is 26.4 Å². The standard InChI is InChI=1S/C10H9NO6/c1-16-9(14)5-3-6(8(12)13)11-7(4-5)10(15)17-2/h3-4H,1-2H3,(H,12,13). The predicted octanol–water partition coefficient (Wildman–Crippen LogP) is 0.353. The van der Waals surface area contributed by atoms with E-state index in [1.165, 1.54) is 0 Å². The highest BCUT2D eigenvalue weighted by Crippen LogP contribution is 2.09. The van der Waals surface area contributed by atoms with Crippen molar-refractivity contribution in [1.29, 1.82) is 0 Å². The Labute approximate surface area is 96.0 Å². The van der Waals surface area contributed by atoms with E-state index < -0.39 is 23.6 Å². The predicted molar refractivity (Wildman–Crippen MR) is 53.9 cm³/mol. The van der Waals surface area contributed by atoms with E-state index in [0.29, 0.717) is 0 Å². The van der Waals surface area contributed by atoms with Crippen molar-refractivity contribution in [3.05, 3.63) is 29.1 Å². The van der Waals surface area contributed by atoms with E-state index >= 15 is 0 Å². The number of nitrogens with zero attached hydrogens (tertiary/aromatic N) is 1. The minimum Gasteiger partial charge on any atom is -0.477 e. The molecule has 1 rings (SSSR count). The molecule has 90 valence electrons. The molecule has 0 aliphatic carbocycles. The second kappa shape index (κ2) is 5.06. The van der Waals surface area contributed by atoms with Gasteiger partial charge in [-0.2, -0.15) is 0 Å². The first-order valence-corrected chi connectivity index (χ1v) is 4.41. The number of ether oxygens (including phenoxy) is 2. The summed E-state index contributed by atoms with van der Waals surface area (Å²) in [6, 6.07) is 2.12. The second-order valence-corrected chi connectivity index (χ2v) is 2.91. The number of carboxylic acids is 1. The highest BCUT2D eigenvalue weighted by molar-refractivity contribution is 5.97. The molecule has 0 saturated carbocycles. The van der Waals surface area contributed by atoms with E-state index in [1.807, 2.05) is 0 Å². The van der Waals surface area contributed by atoms with E-state index in [4.69, 9.17) is 5.11 Å². The molecular formula is C10H9NO6. The summed E-state index contributed by atoms with van der Waals surface area (Å²) in [5.41, 5.74) is -0.790. The van der Waals surface area contributed by atoms with Gasteiger partial charge in [-0.05, 0) is 12.1 Å². The fourth-order valence-electron chi connectivity index (χ4n) is 1.08. The van der Waals surface area contributed by atoms with Crippen LogP contribution in [-0.2, 0) is 9.47 Å². The van der Waals surface area contributed by atoms with Gasteiger partial charge in [0.25, 0.3) is 0 Å². The minimum atomic E-state index is -1.36. The third-order valence-electron chi connectivity index (χ3n) is 1.86. The molecule has 0 fully saturated rings. The lowest BCUT2D eigenvalue weighted by Crippen LogP contribution is -2.13. The molecule has 1 N–H and O–H groups in total. The SMILES string of the molecule is COC(=O)c1cc(C(=O)O)nc(C(=O)OC)c1. The number of carboxylic acid groups (broad SMARTS) is 1. The molecule has 0 aliphatic rings. The average molecular weight is 239 g/mol. The number of pyridine rings is 1. The van der Waals surface area contributed by atoms with Gasteiger partial charge in [0.1, 0.15) is 11.4 Å². The molecular weight excluding hydrogens is 230 g/mol. The van der Waals surface area contributed by atoms with Crippen LogP contribution >= 0.6 is 0 Å². The summed E-state index contributed by atoms with van der Waals surface area (Å²) < 4.78 is 8.82. The Morgan fingerprint density at radius 2 is 1.59 bits per heavy atom. The lowest BCUT2D eigenvalue weighted by Gasteiger charge is -2.04. The Hall–Kier alpha value is -2.44. The zero-order valence-corrected chi connectivity index (χ0v) is 9.09. The lowest BCUT2D eigenvalue weighted by atomic mass is 10.2. The Balaban J connectivity index is 3.33. The molecule has 0 unspecified atom stereocenters. The first-order valence-electron chi connectivity index (χ1n) is 4.41. The molecule has 0 spiro atoms. The number of aromatic carboxylic acids is 1. The van der Waals surface area contributed by atoms with Crippen molar-refractivity contribution in [1.82, 2.24) is 4.98 Å². The van der Waals surface area contributed by atoms with Crippen LogP contribution in [-0.4, -0.2) is 42.2 Å². The fourth-order valence-corrected chi connectivity index (χ4v) is 1.08. The fraction of sp³-hybridized carbons (Fsp3) is 0.200. The summed E-state index contributed by atoms with van der Waals surface area (Å²) in [5, 5.41) is 8.78. The summed E-state index contributed by atoms with van der Waals surface area (Å²) in [5.74, 6) is -2.96. The number of rotatable bonds is 3. The molecule has 1 heterocycles. The van der Waals surface area contributed by atoms with Gasteiger partial charge in [-0.25, -0.2) is 19.4 Å². The molecule has 1 aromatic rings. The summed E-state index contributed by atoms with van der Waals surface area (Å²) in [6.45, 7) is 0. The second-order valence-electron chi connectivity index (χ2n) is 2.91. The van der Waals surface area contributed by atoms with Crippen LogP contribution in [0.4, 0.5) is 0 Å². The number of hydrogen-bond acceptors (Lipinski definition) is 6. The van der Waals surface area contributed by atoms with Crippen LogP contribution in [0.25, 0.3) is 0 Å². The third-order valence-corrected chi connectivity index (χ3v) is 1.86. The maximum Gasteiger partial charge on any atom is 0.356 e. The van der Waals surface area contributed by atoms with Crippen molar-refractivity contribution in [2.45, 2.75) is 0 Å². The zero-order valence-electron chi connectivity index (χ0n) is 9.09. The van der Waals surface area contributed by atoms with Gasteiger partial charge in [-0.1, -0.05) is 0 Å². The zero-order chi connectivity index (χ0) is 13.0. The van der Waals surface area contributed by atoms with Crippen LogP contribution in [0.15, 0.2) is 12.1 Å². The quantitative estimate of drug-likeness (QED) is 0.759. The summed E-state index contributed by atoms with van der Waals surface area (Å²) in [4.78, 5) is 36.8. The summed E-state index contributed by atoms with van der Waals surface area (Å²) in [7, 11) is 2.26. The first-order chi connectivity index (χ1) is 7.99. The molecule has 0 amide bonds. The smallest absolute Gasteiger partial charge is 0.356 e. The van der Waals surface area contributed by atoms with Crippen molar-refractivity contribution in [2.75, 3.05) is 14.2 Å². The topological polar surface area (TPSA) is 103 Å². The van der Waals surface area contributed by atoms with E-state index in [1.54, 1.807) is 0 Å². The molecule has 1 aromatic heterocycles. The van der Waals surface area contributed by atoms with Crippen molar-refractivity contribution >= 4 is 17.9 Å². The van der Waals surface area contributed by atoms with Crippen LogP contribution in [0.1, 0.15) is 31.3 Å². The van der Waals surface area contributed by atoms with Gasteiger partial charge in [-0.15, -0.1) is 0 Å². The van der Waals surface area contributed by atoms with Gasteiger partial charge in [0.05, 0.1) is 19.8 Å². The van der Waals surface area contributed by atoms with Gasteiger partial charge in [0.2, 0.25) is 0 Å². The Kier molecular flexibility index (Phi) is 3.76. The molecule has 0 aromatic carbocycles. The lowest BCUT2D eigenvalue weighted by molar-refractivity contribution is 0.0592. The van der Waals surface area contributed by atoms with E-state index in [2.05, 4.69) is 14.5 Å². The number of carbonyl (C=O) groups excluding carboxylic acids is 2. The number of aromatic nitrogens is 1. The number of methoxy groups -OCH3 is 2. The molecule has 0 radical (unpaired) electrons. The van der Waals surface area contributed by atoms with Gasteiger partial charge < -0.3 is 14.6 Å². The maximum absolute atomic E-state index is 11.3. The van der Waals surface area contributed by atoms with Gasteiger partial charge in [0, 0.05) is 0 Å². The highest BCUT2D eigenvalue weighted by atomic mass is 16.5. The molecule has 0 atom stereocenters. The maximum atomic E-state index is 11.3. The Morgan fingerprint density at radius 3 is 2.06 bits per heavy atom. The van der Waals surface area contributed by atoms with Gasteiger partial charge >= 0.3 is 17.9 Å². The van der Waals surface area contributed by atoms with Crippen LogP contribution < -0.4 is 0 Å². The van der Waals surface area contributed by atoms with Crippen molar-refractivity contribution in [3.63, 3.8) is 0 Å². The Bertz CT molecular complexity index is 447. The van der Waals surface area contributed by atoms with Gasteiger partial charge in [0.15, 0.2) is 0 Å². The third kappa shape index (κ3) is 2.77. The molecule has 7 heteroatoms. The number of hydrogen-bond donors (Lipinski definition) is 1. The summed E-state index contributed by atoms with van der Waals surface area (Å²) in [6.07, 6.45) is 0. The van der Waals surface area contributed by atoms with Crippen molar-refractivity contribution in [2.24, 2.45) is 0 Å². The van der Waals surface area contributed by atoms with Crippen LogP contribution in [0, 0.1) is 0 Å². The number of esters is 2. The molecule has 7 nitrogen and oxygen atoms in total. The first kappa shape index (κ1) is 12.6. The number of carbonyl (C=O) groups is 3.